The Bertz CT molecular complexity index is 521. The quantitative estimate of drug-likeness (QED) is 0.878. The molecule has 90 valence electrons. The summed E-state index contributed by atoms with van der Waals surface area (Å²) in [5.74, 6) is 1.76. The maximum atomic E-state index is 5.35. The fourth-order valence-corrected chi connectivity index (χ4v) is 2.21. The van der Waals surface area contributed by atoms with Gasteiger partial charge in [-0.05, 0) is 18.6 Å². The van der Waals surface area contributed by atoms with Crippen LogP contribution in [0.1, 0.15) is 12.2 Å². The van der Waals surface area contributed by atoms with Crippen LogP contribution in [0.4, 0.5) is 5.82 Å². The van der Waals surface area contributed by atoms with Gasteiger partial charge in [0.25, 0.3) is 0 Å². The van der Waals surface area contributed by atoms with Crippen molar-refractivity contribution in [1.82, 2.24) is 14.6 Å². The molecule has 1 unspecified atom stereocenters. The van der Waals surface area contributed by atoms with Gasteiger partial charge in [0.1, 0.15) is 5.82 Å². The molecule has 2 aromatic rings. The Morgan fingerprint density at radius 1 is 1.53 bits per heavy atom. The number of rotatable bonds is 3. The Hall–Kier alpha value is -1.14. The minimum Gasteiger partial charge on any atom is -0.379 e. The zero-order chi connectivity index (χ0) is 11.7. The lowest BCUT2D eigenvalue weighted by atomic mass is 10.2. The summed E-state index contributed by atoms with van der Waals surface area (Å²) < 4.78 is 7.19. The molecule has 3 heterocycles. The highest BCUT2D eigenvalue weighted by atomic mass is 79.9. The number of nitrogens with one attached hydrogen (secondary N) is 1. The van der Waals surface area contributed by atoms with Crippen molar-refractivity contribution in [3.8, 4) is 0 Å². The van der Waals surface area contributed by atoms with E-state index >= 15 is 0 Å². The van der Waals surface area contributed by atoms with E-state index < -0.39 is 0 Å². The molecule has 3 rings (SSSR count). The molecule has 0 saturated carbocycles. The van der Waals surface area contributed by atoms with Gasteiger partial charge in [0.15, 0.2) is 11.5 Å². The number of nitrogens with zero attached hydrogens (tertiary/aromatic N) is 3. The number of anilines is 1. The van der Waals surface area contributed by atoms with E-state index in [1.807, 2.05) is 22.7 Å². The molecular weight excluding hydrogens is 284 g/mol. The van der Waals surface area contributed by atoms with Crippen molar-refractivity contribution in [3.05, 3.63) is 24.0 Å². The summed E-state index contributed by atoms with van der Waals surface area (Å²) in [5, 5.41) is 8.54. The topological polar surface area (TPSA) is 51.5 Å². The van der Waals surface area contributed by atoms with E-state index in [-0.39, 0.29) is 0 Å². The highest BCUT2D eigenvalue weighted by Gasteiger charge is 2.16. The number of hydrogen-bond donors (Lipinski definition) is 1. The lowest BCUT2D eigenvalue weighted by Gasteiger charge is -2.12. The first kappa shape index (κ1) is 11.0. The Morgan fingerprint density at radius 3 is 3.24 bits per heavy atom. The summed E-state index contributed by atoms with van der Waals surface area (Å²) >= 11 is 3.37. The fraction of sp³-hybridized carbons (Fsp3) is 0.455. The molecule has 1 atom stereocenters. The maximum absolute atomic E-state index is 5.35. The minimum atomic E-state index is 0.372. The highest BCUT2D eigenvalue weighted by molar-refractivity contribution is 9.08. The number of alkyl halides is 1. The first-order valence-electron chi connectivity index (χ1n) is 5.62. The summed E-state index contributed by atoms with van der Waals surface area (Å²) in [6.07, 6.45) is 1.04. The Morgan fingerprint density at radius 2 is 2.47 bits per heavy atom. The van der Waals surface area contributed by atoms with Gasteiger partial charge in [-0.1, -0.05) is 22.0 Å². The van der Waals surface area contributed by atoms with Crippen LogP contribution in [0.25, 0.3) is 5.65 Å². The second kappa shape index (κ2) is 4.62. The third kappa shape index (κ3) is 2.14. The van der Waals surface area contributed by atoms with Crippen molar-refractivity contribution in [2.75, 3.05) is 18.5 Å². The molecule has 5 nitrogen and oxygen atoms in total. The monoisotopic (exact) mass is 296 g/mol. The van der Waals surface area contributed by atoms with Gasteiger partial charge >= 0.3 is 0 Å². The molecule has 1 saturated heterocycles. The molecule has 17 heavy (non-hydrogen) atoms. The van der Waals surface area contributed by atoms with Crippen LogP contribution in [0.3, 0.4) is 0 Å². The fourth-order valence-electron chi connectivity index (χ4n) is 1.97. The number of ether oxygens (including phenoxy) is 1. The number of aromatic nitrogens is 3. The highest BCUT2D eigenvalue weighted by Crippen LogP contribution is 2.15. The maximum Gasteiger partial charge on any atom is 0.162 e. The van der Waals surface area contributed by atoms with E-state index in [4.69, 9.17) is 4.74 Å². The summed E-state index contributed by atoms with van der Waals surface area (Å²) in [6, 6.07) is 6.32. The van der Waals surface area contributed by atoms with Crippen molar-refractivity contribution in [1.29, 1.82) is 0 Å². The first-order valence-corrected chi connectivity index (χ1v) is 6.74. The standard InChI is InChI=1S/C11H13BrN4O/c12-6-9-14-11-3-1-2-10(16(11)15-9)13-8-4-5-17-7-8/h1-3,8,13H,4-7H2. The predicted octanol–water partition coefficient (Wildman–Crippen LogP) is 1.82. The minimum absolute atomic E-state index is 0.372. The Balaban J connectivity index is 1.94. The molecule has 0 radical (unpaired) electrons. The predicted molar refractivity (Wildman–Crippen MR) is 68.5 cm³/mol. The van der Waals surface area contributed by atoms with Crippen molar-refractivity contribution in [2.45, 2.75) is 17.8 Å². The molecule has 2 aromatic heterocycles. The largest absolute Gasteiger partial charge is 0.379 e. The van der Waals surface area contributed by atoms with Crippen LogP contribution in [-0.2, 0) is 10.1 Å². The van der Waals surface area contributed by atoms with Gasteiger partial charge in [0, 0.05) is 6.61 Å². The van der Waals surface area contributed by atoms with Crippen LogP contribution in [0, 0.1) is 0 Å². The summed E-state index contributed by atoms with van der Waals surface area (Å²) in [7, 11) is 0. The molecule has 1 fully saturated rings. The van der Waals surface area contributed by atoms with Crippen LogP contribution in [0.2, 0.25) is 0 Å². The van der Waals surface area contributed by atoms with Gasteiger partial charge in [-0.15, -0.1) is 5.10 Å². The second-order valence-electron chi connectivity index (χ2n) is 4.05. The molecule has 0 aliphatic carbocycles. The van der Waals surface area contributed by atoms with Crippen molar-refractivity contribution < 1.29 is 4.74 Å². The van der Waals surface area contributed by atoms with Gasteiger partial charge in [0.2, 0.25) is 0 Å². The molecule has 1 N–H and O–H groups in total. The zero-order valence-corrected chi connectivity index (χ0v) is 10.9. The van der Waals surface area contributed by atoms with Gasteiger partial charge in [-0.2, -0.15) is 4.52 Å². The van der Waals surface area contributed by atoms with Crippen LogP contribution >= 0.6 is 15.9 Å². The van der Waals surface area contributed by atoms with Gasteiger partial charge in [-0.25, -0.2) is 4.98 Å². The molecule has 6 heteroatoms. The van der Waals surface area contributed by atoms with Gasteiger partial charge in [-0.3, -0.25) is 0 Å². The molecule has 0 aromatic carbocycles. The third-order valence-electron chi connectivity index (χ3n) is 2.80. The number of hydrogen-bond acceptors (Lipinski definition) is 4. The Kier molecular flexibility index (Phi) is 2.98. The van der Waals surface area contributed by atoms with Crippen LogP contribution < -0.4 is 5.32 Å². The summed E-state index contributed by atoms with van der Waals surface area (Å²) in [6.45, 7) is 1.59. The van der Waals surface area contributed by atoms with Gasteiger partial charge < -0.3 is 10.1 Å². The van der Waals surface area contributed by atoms with Crippen molar-refractivity contribution in [3.63, 3.8) is 0 Å². The third-order valence-corrected chi connectivity index (χ3v) is 3.31. The second-order valence-corrected chi connectivity index (χ2v) is 4.61. The van der Waals surface area contributed by atoms with E-state index in [1.165, 1.54) is 0 Å². The van der Waals surface area contributed by atoms with Crippen LogP contribution in [0.5, 0.6) is 0 Å². The molecule has 0 spiro atoms. The lowest BCUT2D eigenvalue weighted by Crippen LogP contribution is -2.20. The number of fused-ring (bicyclic) bond motifs is 1. The lowest BCUT2D eigenvalue weighted by molar-refractivity contribution is 0.195. The summed E-state index contributed by atoms with van der Waals surface area (Å²) in [5.41, 5.74) is 0.864. The average Bonchev–Trinajstić information content (AvgIpc) is 2.97. The molecular formula is C11H13BrN4O. The SMILES string of the molecule is BrCc1nc2cccc(NC3CCOC3)n2n1. The van der Waals surface area contributed by atoms with Crippen LogP contribution in [0.15, 0.2) is 18.2 Å². The van der Waals surface area contributed by atoms with Crippen molar-refractivity contribution >= 4 is 27.4 Å². The van der Waals surface area contributed by atoms with E-state index in [1.54, 1.807) is 0 Å². The molecule has 0 amide bonds. The molecule has 1 aliphatic rings. The molecule has 1 aliphatic heterocycles. The smallest absolute Gasteiger partial charge is 0.162 e. The Labute approximate surface area is 107 Å². The summed E-state index contributed by atoms with van der Waals surface area (Å²) in [4.78, 5) is 4.40. The van der Waals surface area contributed by atoms with E-state index in [2.05, 4.69) is 31.3 Å². The normalized spacial score (nSPS) is 19.9. The molecule has 0 bridgehead atoms. The van der Waals surface area contributed by atoms with E-state index in [0.29, 0.717) is 11.4 Å². The average molecular weight is 297 g/mol. The van der Waals surface area contributed by atoms with Crippen molar-refractivity contribution in [2.24, 2.45) is 0 Å². The zero-order valence-electron chi connectivity index (χ0n) is 9.27. The first-order chi connectivity index (χ1) is 8.36. The number of pyridine rings is 1. The van der Waals surface area contributed by atoms with E-state index in [9.17, 15) is 0 Å². The van der Waals surface area contributed by atoms with Crippen LogP contribution in [-0.4, -0.2) is 33.9 Å². The van der Waals surface area contributed by atoms with Gasteiger partial charge in [0.05, 0.1) is 18.0 Å². The van der Waals surface area contributed by atoms with E-state index in [0.717, 1.165) is 36.9 Å². The number of halogens is 1.